The van der Waals surface area contributed by atoms with Gasteiger partial charge in [0.15, 0.2) is 0 Å². The highest BCUT2D eigenvalue weighted by Crippen LogP contribution is 2.57. The second-order valence-corrected chi connectivity index (χ2v) is 19.8. The average molecular weight is 942 g/mol. The van der Waals surface area contributed by atoms with E-state index in [1.807, 2.05) is 95.9 Å². The summed E-state index contributed by atoms with van der Waals surface area (Å²) in [6, 6.07) is 77.1. The molecule has 0 fully saturated rings. The number of anilines is 3. The third-order valence-electron chi connectivity index (χ3n) is 13.3. The van der Waals surface area contributed by atoms with Crippen molar-refractivity contribution >= 4 is 69.5 Å². The SMILES string of the molecule is O=S(=O)(Oc1cc(N(c2ccccc2)c2ccc(-c3ccc4ccccc4c3)cc2)c2sc3ccc(-c4ccc5c(c4)-c4ccccc4C5(c4ccccc4)c4ccccc4)cc3c2c1)C(F)(F)F. The molecule has 10 aromatic carbocycles. The Kier molecular flexibility index (Phi) is 10.1. The largest absolute Gasteiger partial charge is 0.534 e. The first kappa shape index (κ1) is 42.4. The van der Waals surface area contributed by atoms with Crippen molar-refractivity contribution in [2.45, 2.75) is 10.9 Å². The van der Waals surface area contributed by atoms with Gasteiger partial charge in [0, 0.05) is 32.9 Å². The molecule has 11 aromatic rings. The van der Waals surface area contributed by atoms with E-state index in [1.165, 1.54) is 29.0 Å². The third kappa shape index (κ3) is 7.07. The minimum Gasteiger partial charge on any atom is -0.376 e. The molecular formula is C60H38F3NO3S2. The molecule has 0 unspecified atom stereocenters. The highest BCUT2D eigenvalue weighted by atomic mass is 32.2. The van der Waals surface area contributed by atoms with E-state index in [9.17, 15) is 21.6 Å². The minimum absolute atomic E-state index is 0.457. The van der Waals surface area contributed by atoms with Gasteiger partial charge in [-0.1, -0.05) is 170 Å². The Bertz CT molecular complexity index is 3840. The number of rotatable bonds is 9. The highest BCUT2D eigenvalue weighted by molar-refractivity contribution is 7.88. The molecule has 0 saturated carbocycles. The predicted molar refractivity (Wildman–Crippen MR) is 275 cm³/mol. The second kappa shape index (κ2) is 16.4. The second-order valence-electron chi connectivity index (χ2n) is 17.2. The van der Waals surface area contributed by atoms with Gasteiger partial charge in [0.05, 0.1) is 15.8 Å². The van der Waals surface area contributed by atoms with Gasteiger partial charge in [0.2, 0.25) is 0 Å². The quantitative estimate of drug-likeness (QED) is 0.107. The van der Waals surface area contributed by atoms with Crippen molar-refractivity contribution in [3.63, 3.8) is 0 Å². The molecule has 1 aliphatic rings. The molecule has 69 heavy (non-hydrogen) atoms. The van der Waals surface area contributed by atoms with E-state index in [1.54, 1.807) is 0 Å². The molecule has 0 radical (unpaired) electrons. The Hall–Kier alpha value is -7.98. The molecule has 12 rings (SSSR count). The zero-order chi connectivity index (χ0) is 46.9. The molecule has 334 valence electrons. The van der Waals surface area contributed by atoms with Crippen LogP contribution in [0.25, 0.3) is 64.3 Å². The van der Waals surface area contributed by atoms with Crippen LogP contribution >= 0.6 is 11.3 Å². The normalized spacial score (nSPS) is 13.1. The van der Waals surface area contributed by atoms with Crippen molar-refractivity contribution in [3.8, 4) is 39.1 Å². The first-order chi connectivity index (χ1) is 33.6. The summed E-state index contributed by atoms with van der Waals surface area (Å²) in [5.41, 5.74) is 6.43. The summed E-state index contributed by atoms with van der Waals surface area (Å²) in [4.78, 5) is 1.93. The van der Waals surface area contributed by atoms with Gasteiger partial charge in [-0.15, -0.1) is 11.3 Å². The molecule has 0 amide bonds. The van der Waals surface area contributed by atoms with Crippen LogP contribution in [-0.4, -0.2) is 13.9 Å². The van der Waals surface area contributed by atoms with Crippen LogP contribution in [-0.2, 0) is 15.5 Å². The molecule has 0 spiro atoms. The smallest absolute Gasteiger partial charge is 0.376 e. The van der Waals surface area contributed by atoms with Crippen LogP contribution in [0.15, 0.2) is 231 Å². The van der Waals surface area contributed by atoms with E-state index in [0.717, 1.165) is 75.6 Å². The standard InChI is InChI=1S/C60H38F3NO3S2/c61-60(62,63)69(65,66)67-49-37-53-52-36-44(43-28-32-55-51(35-43)50-22-12-13-23-54(50)59(55,45-16-4-1-5-17-45)46-18-6-2-7-19-46)29-33-57(52)68-58(53)56(38-49)64(47-20-8-3-9-21-47)48-30-26-40(27-31-48)42-25-24-39-14-10-11-15-41(39)34-42/h1-38H. The zero-order valence-corrected chi connectivity index (χ0v) is 38.2. The molecule has 1 aromatic heterocycles. The molecule has 0 saturated heterocycles. The molecule has 0 N–H and O–H groups in total. The van der Waals surface area contributed by atoms with Crippen LogP contribution in [0.2, 0.25) is 0 Å². The Morgan fingerprint density at radius 2 is 1.01 bits per heavy atom. The Morgan fingerprint density at radius 3 is 1.72 bits per heavy atom. The summed E-state index contributed by atoms with van der Waals surface area (Å²) in [6.07, 6.45) is 0. The molecule has 0 aliphatic heterocycles. The molecule has 9 heteroatoms. The zero-order valence-electron chi connectivity index (χ0n) is 36.6. The summed E-state index contributed by atoms with van der Waals surface area (Å²) in [5, 5.41) is 3.54. The van der Waals surface area contributed by atoms with Gasteiger partial charge in [-0.05, 0) is 121 Å². The fraction of sp³-hybridized carbons (Fsp3) is 0.0333. The lowest BCUT2D eigenvalue weighted by Crippen LogP contribution is -2.28. The Balaban J connectivity index is 1.03. The van der Waals surface area contributed by atoms with Crippen LogP contribution in [0.1, 0.15) is 22.3 Å². The fourth-order valence-electron chi connectivity index (χ4n) is 10.2. The highest BCUT2D eigenvalue weighted by Gasteiger charge is 2.49. The Labute approximate surface area is 400 Å². The number of benzene rings is 10. The molecule has 0 bridgehead atoms. The van der Waals surface area contributed by atoms with E-state index >= 15 is 0 Å². The minimum atomic E-state index is -6.03. The third-order valence-corrected chi connectivity index (χ3v) is 15.5. The van der Waals surface area contributed by atoms with Gasteiger partial charge in [-0.3, -0.25) is 0 Å². The van der Waals surface area contributed by atoms with E-state index in [4.69, 9.17) is 4.18 Å². The molecule has 1 heterocycles. The summed E-state index contributed by atoms with van der Waals surface area (Å²) >= 11 is 1.48. The van der Waals surface area contributed by atoms with Crippen molar-refractivity contribution < 1.29 is 25.8 Å². The number of para-hydroxylation sites is 1. The summed E-state index contributed by atoms with van der Waals surface area (Å²) in [6.45, 7) is 0. The van der Waals surface area contributed by atoms with Gasteiger partial charge >= 0.3 is 15.6 Å². The summed E-state index contributed by atoms with van der Waals surface area (Å²) < 4.78 is 74.1. The molecule has 4 nitrogen and oxygen atoms in total. The van der Waals surface area contributed by atoms with Gasteiger partial charge in [0.25, 0.3) is 0 Å². The summed E-state index contributed by atoms with van der Waals surface area (Å²) in [7, 11) is -6.03. The lowest BCUT2D eigenvalue weighted by atomic mass is 9.67. The summed E-state index contributed by atoms with van der Waals surface area (Å²) in [5.74, 6) is -0.457. The molecule has 1 aliphatic carbocycles. The lowest BCUT2D eigenvalue weighted by molar-refractivity contribution is -0.0500. The average Bonchev–Trinajstić information content (AvgIpc) is 3.90. The van der Waals surface area contributed by atoms with Gasteiger partial charge in [0.1, 0.15) is 5.75 Å². The van der Waals surface area contributed by atoms with E-state index < -0.39 is 26.8 Å². The Morgan fingerprint density at radius 1 is 0.464 bits per heavy atom. The number of hydrogen-bond acceptors (Lipinski definition) is 5. The fourth-order valence-corrected chi connectivity index (χ4v) is 11.8. The number of alkyl halides is 3. The van der Waals surface area contributed by atoms with Crippen molar-refractivity contribution in [1.29, 1.82) is 0 Å². The van der Waals surface area contributed by atoms with Crippen LogP contribution < -0.4 is 9.08 Å². The van der Waals surface area contributed by atoms with E-state index in [0.29, 0.717) is 22.4 Å². The number of hydrogen-bond donors (Lipinski definition) is 0. The van der Waals surface area contributed by atoms with Gasteiger partial charge in [-0.25, -0.2) is 0 Å². The molecular weight excluding hydrogens is 904 g/mol. The first-order valence-electron chi connectivity index (χ1n) is 22.4. The van der Waals surface area contributed by atoms with Gasteiger partial charge in [-0.2, -0.15) is 21.6 Å². The van der Waals surface area contributed by atoms with Crippen molar-refractivity contribution in [2.75, 3.05) is 4.90 Å². The van der Waals surface area contributed by atoms with Crippen molar-refractivity contribution in [3.05, 3.63) is 253 Å². The first-order valence-corrected chi connectivity index (χ1v) is 24.6. The van der Waals surface area contributed by atoms with Crippen molar-refractivity contribution in [1.82, 2.24) is 0 Å². The predicted octanol–water partition coefficient (Wildman–Crippen LogP) is 16.6. The maximum atomic E-state index is 14.0. The van der Waals surface area contributed by atoms with Gasteiger partial charge < -0.3 is 9.08 Å². The van der Waals surface area contributed by atoms with E-state index in [2.05, 4.69) is 127 Å². The van der Waals surface area contributed by atoms with Crippen LogP contribution in [0.5, 0.6) is 5.75 Å². The maximum Gasteiger partial charge on any atom is 0.534 e. The maximum absolute atomic E-state index is 14.0. The monoisotopic (exact) mass is 941 g/mol. The van der Waals surface area contributed by atoms with Crippen molar-refractivity contribution in [2.24, 2.45) is 0 Å². The number of nitrogens with zero attached hydrogens (tertiary/aromatic N) is 1. The number of halogens is 3. The topological polar surface area (TPSA) is 46.6 Å². The molecule has 0 atom stereocenters. The van der Waals surface area contributed by atoms with E-state index in [-0.39, 0.29) is 0 Å². The number of thiophene rings is 1. The van der Waals surface area contributed by atoms with Crippen LogP contribution in [0.4, 0.5) is 30.2 Å². The van der Waals surface area contributed by atoms with Crippen LogP contribution in [0, 0.1) is 0 Å². The van der Waals surface area contributed by atoms with Crippen LogP contribution in [0.3, 0.4) is 0 Å². The lowest BCUT2D eigenvalue weighted by Gasteiger charge is -2.33. The number of fused-ring (bicyclic) bond motifs is 7.